The summed E-state index contributed by atoms with van der Waals surface area (Å²) < 4.78 is 22.4. The van der Waals surface area contributed by atoms with Crippen LogP contribution < -0.4 is 25.3 Å². The number of methoxy groups -OCH3 is 2. The van der Waals surface area contributed by atoms with Crippen LogP contribution in [-0.2, 0) is 9.47 Å². The quantitative estimate of drug-likeness (QED) is 0.269. The molecule has 0 unspecified atom stereocenters. The van der Waals surface area contributed by atoms with Crippen molar-refractivity contribution in [1.82, 2.24) is 0 Å². The lowest BCUT2D eigenvalue weighted by Crippen LogP contribution is -2.45. The van der Waals surface area contributed by atoms with Crippen LogP contribution in [0.5, 0.6) is 11.5 Å². The number of para-hydroxylation sites is 2. The molecule has 158 valence electrons. The topological polar surface area (TPSA) is 36.9 Å². The molecule has 0 spiro atoms. The maximum atomic E-state index is 5.99. The predicted molar refractivity (Wildman–Crippen MR) is 128 cm³/mol. The molecule has 0 amide bonds. The van der Waals surface area contributed by atoms with E-state index in [4.69, 9.17) is 18.9 Å². The van der Waals surface area contributed by atoms with Crippen LogP contribution in [0.15, 0.2) is 78.9 Å². The Morgan fingerprint density at radius 2 is 1.07 bits per heavy atom. The van der Waals surface area contributed by atoms with Crippen LogP contribution >= 0.6 is 7.47 Å². The number of hydrogen-bond donors (Lipinski definition) is 0. The Morgan fingerprint density at radius 3 is 1.53 bits per heavy atom. The second-order valence-corrected chi connectivity index (χ2v) is 17.3. The van der Waals surface area contributed by atoms with E-state index in [1.807, 2.05) is 24.3 Å². The molecule has 3 rings (SSSR count). The smallest absolute Gasteiger partial charge is 0.188 e. The summed E-state index contributed by atoms with van der Waals surface area (Å²) in [6.07, 6.45) is 0. The summed E-state index contributed by atoms with van der Waals surface area (Å²) >= 11 is 0. The molecule has 0 bridgehead atoms. The summed E-state index contributed by atoms with van der Waals surface area (Å²) in [4.78, 5) is 0. The van der Waals surface area contributed by atoms with Crippen LogP contribution in [0.25, 0.3) is 0 Å². The molecule has 6 heteroatoms. The van der Waals surface area contributed by atoms with Crippen molar-refractivity contribution < 1.29 is 18.9 Å². The fourth-order valence-corrected chi connectivity index (χ4v) is 13.3. The fraction of sp³-hybridized carbons (Fsp3) is 0.250. The van der Waals surface area contributed by atoms with E-state index in [0.717, 1.165) is 11.5 Å². The van der Waals surface area contributed by atoms with Gasteiger partial charge in [0, 0.05) is 24.8 Å². The average Bonchev–Trinajstić information content (AvgIpc) is 2.78. The van der Waals surface area contributed by atoms with E-state index in [1.165, 1.54) is 15.8 Å². The predicted octanol–water partition coefficient (Wildman–Crippen LogP) is 4.20. The monoisotopic (exact) mass is 440 g/mol. The van der Waals surface area contributed by atoms with Gasteiger partial charge in [-0.1, -0.05) is 85.0 Å². The van der Waals surface area contributed by atoms with Crippen LogP contribution in [-0.4, -0.2) is 35.5 Å². The Balaban J connectivity index is 2.19. The van der Waals surface area contributed by atoms with E-state index < -0.39 is 15.2 Å². The van der Waals surface area contributed by atoms with Gasteiger partial charge in [0.2, 0.25) is 0 Å². The van der Waals surface area contributed by atoms with E-state index in [2.05, 4.69) is 67.7 Å². The molecule has 0 aliphatic heterocycles. The maximum Gasteiger partial charge on any atom is 0.188 e. The van der Waals surface area contributed by atoms with E-state index in [-0.39, 0.29) is 13.6 Å². The first-order chi connectivity index (χ1) is 14.6. The second kappa shape index (κ2) is 10.7. The average molecular weight is 441 g/mol. The van der Waals surface area contributed by atoms with Crippen molar-refractivity contribution in [3.05, 3.63) is 78.9 Å². The molecule has 0 heterocycles. The van der Waals surface area contributed by atoms with Gasteiger partial charge in [0.1, 0.15) is 19.2 Å². The standard InChI is InChI=1S/C24H29O4PSi/c1-25-18-27-21-14-8-10-16-23(21)29(30(3,4)20-12-6-5-7-13-20)24-17-11-9-15-22(24)28-19-26-2/h5-17H,18-19H2,1-4H3. The van der Waals surface area contributed by atoms with E-state index in [0.29, 0.717) is 0 Å². The number of benzene rings is 3. The van der Waals surface area contributed by atoms with Crippen molar-refractivity contribution in [2.24, 2.45) is 0 Å². The zero-order valence-corrected chi connectivity index (χ0v) is 19.9. The van der Waals surface area contributed by atoms with Gasteiger partial charge < -0.3 is 18.9 Å². The van der Waals surface area contributed by atoms with Crippen LogP contribution in [0, 0.1) is 0 Å². The van der Waals surface area contributed by atoms with E-state index in [9.17, 15) is 0 Å². The number of rotatable bonds is 10. The van der Waals surface area contributed by atoms with Crippen LogP contribution in [0.4, 0.5) is 0 Å². The minimum Gasteiger partial charge on any atom is -0.467 e. The van der Waals surface area contributed by atoms with Crippen LogP contribution in [0.3, 0.4) is 0 Å². The van der Waals surface area contributed by atoms with E-state index >= 15 is 0 Å². The fourth-order valence-electron chi connectivity index (χ4n) is 3.48. The Labute approximate surface area is 181 Å². The molecule has 0 aromatic heterocycles. The third kappa shape index (κ3) is 5.11. The highest BCUT2D eigenvalue weighted by atomic mass is 31.4. The van der Waals surface area contributed by atoms with Crippen LogP contribution in [0.2, 0.25) is 13.1 Å². The third-order valence-corrected chi connectivity index (χ3v) is 15.1. The normalized spacial score (nSPS) is 11.5. The first kappa shape index (κ1) is 22.5. The van der Waals surface area contributed by atoms with Crippen molar-refractivity contribution in [3.8, 4) is 11.5 Å². The lowest BCUT2D eigenvalue weighted by Gasteiger charge is -2.36. The van der Waals surface area contributed by atoms with Crippen LogP contribution in [0.1, 0.15) is 0 Å². The summed E-state index contributed by atoms with van der Waals surface area (Å²) in [7, 11) is 0.506. The van der Waals surface area contributed by atoms with Gasteiger partial charge in [-0.25, -0.2) is 0 Å². The minimum atomic E-state index is -2.01. The van der Waals surface area contributed by atoms with Crippen molar-refractivity contribution in [2.45, 2.75) is 13.1 Å². The molecule has 0 saturated carbocycles. The minimum absolute atomic E-state index is 0.218. The highest BCUT2D eigenvalue weighted by molar-refractivity contribution is 8.06. The molecular weight excluding hydrogens is 411 g/mol. The third-order valence-electron chi connectivity index (χ3n) is 4.92. The summed E-state index contributed by atoms with van der Waals surface area (Å²) in [6, 6.07) is 27.4. The summed E-state index contributed by atoms with van der Waals surface area (Å²) in [5.74, 6) is 1.73. The van der Waals surface area contributed by atoms with Gasteiger partial charge in [-0.15, -0.1) is 0 Å². The molecule has 3 aromatic rings. The van der Waals surface area contributed by atoms with Gasteiger partial charge in [-0.2, -0.15) is 0 Å². The van der Waals surface area contributed by atoms with Gasteiger partial charge in [0.15, 0.2) is 13.6 Å². The zero-order valence-electron chi connectivity index (χ0n) is 18.0. The van der Waals surface area contributed by atoms with E-state index in [1.54, 1.807) is 14.2 Å². The van der Waals surface area contributed by atoms with Crippen molar-refractivity contribution >= 4 is 31.0 Å². The van der Waals surface area contributed by atoms with Crippen molar-refractivity contribution in [2.75, 3.05) is 27.8 Å². The molecule has 0 atom stereocenters. The first-order valence-corrected chi connectivity index (χ1v) is 15.0. The largest absolute Gasteiger partial charge is 0.467 e. The molecule has 0 aliphatic carbocycles. The van der Waals surface area contributed by atoms with Gasteiger partial charge in [0.05, 0.1) is 0 Å². The number of ether oxygens (including phenoxy) is 4. The molecule has 0 radical (unpaired) electrons. The highest BCUT2D eigenvalue weighted by Gasteiger charge is 2.38. The Hall–Kier alpha value is -2.17. The molecule has 4 nitrogen and oxygen atoms in total. The van der Waals surface area contributed by atoms with Crippen molar-refractivity contribution in [3.63, 3.8) is 0 Å². The lowest BCUT2D eigenvalue weighted by molar-refractivity contribution is 0.0519. The maximum absolute atomic E-state index is 5.99. The van der Waals surface area contributed by atoms with Gasteiger partial charge in [0.25, 0.3) is 0 Å². The Morgan fingerprint density at radius 1 is 0.633 bits per heavy atom. The number of hydrogen-bond acceptors (Lipinski definition) is 4. The SMILES string of the molecule is COCOc1ccccc1P(c1ccccc1OCOC)[Si](C)(C)c1ccccc1. The Kier molecular flexibility index (Phi) is 8.06. The highest BCUT2D eigenvalue weighted by Crippen LogP contribution is 2.48. The van der Waals surface area contributed by atoms with Gasteiger partial charge in [-0.05, 0) is 19.6 Å². The first-order valence-electron chi connectivity index (χ1n) is 9.87. The lowest BCUT2D eigenvalue weighted by atomic mass is 10.3. The van der Waals surface area contributed by atoms with Gasteiger partial charge >= 0.3 is 0 Å². The summed E-state index contributed by atoms with van der Waals surface area (Å²) in [5, 5.41) is 3.82. The van der Waals surface area contributed by atoms with Gasteiger partial charge in [-0.3, -0.25) is 0 Å². The summed E-state index contributed by atoms with van der Waals surface area (Å²) in [6.45, 7) is 5.28. The second-order valence-electron chi connectivity index (χ2n) is 7.30. The molecule has 0 saturated heterocycles. The molecule has 30 heavy (non-hydrogen) atoms. The zero-order chi connectivity index (χ0) is 21.4. The molecule has 3 aromatic carbocycles. The molecule has 0 aliphatic rings. The molecule has 0 fully saturated rings. The van der Waals surface area contributed by atoms with Crippen molar-refractivity contribution in [1.29, 1.82) is 0 Å². The summed E-state index contributed by atoms with van der Waals surface area (Å²) in [5.41, 5.74) is 0. The molecule has 0 N–H and O–H groups in total. The molecular formula is C24H29O4PSi. The Bertz CT molecular complexity index is 882.